The molecule has 1 unspecified atom stereocenters. The van der Waals surface area contributed by atoms with Crippen LogP contribution in [0.5, 0.6) is 0 Å². The first kappa shape index (κ1) is 13.9. The van der Waals surface area contributed by atoms with Crippen LogP contribution < -0.4 is 5.32 Å². The molecule has 3 heteroatoms. The predicted octanol–water partition coefficient (Wildman–Crippen LogP) is 1.82. The van der Waals surface area contributed by atoms with E-state index in [1.165, 1.54) is 0 Å². The van der Waals surface area contributed by atoms with Crippen LogP contribution in [0.15, 0.2) is 0 Å². The van der Waals surface area contributed by atoms with Crippen LogP contribution in [-0.4, -0.2) is 38.5 Å². The van der Waals surface area contributed by atoms with Gasteiger partial charge in [-0.15, -0.1) is 0 Å². The maximum absolute atomic E-state index is 5.75. The van der Waals surface area contributed by atoms with Crippen molar-refractivity contribution in [2.24, 2.45) is 0 Å². The van der Waals surface area contributed by atoms with Crippen molar-refractivity contribution in [2.45, 2.75) is 45.8 Å². The maximum atomic E-state index is 5.75. The van der Waals surface area contributed by atoms with Gasteiger partial charge >= 0.3 is 0 Å². The van der Waals surface area contributed by atoms with Crippen LogP contribution in [0.4, 0.5) is 0 Å². The molecule has 0 fully saturated rings. The summed E-state index contributed by atoms with van der Waals surface area (Å²) in [5.74, 6) is 0. The van der Waals surface area contributed by atoms with E-state index in [0.717, 1.165) is 26.1 Å². The molecule has 0 saturated heterocycles. The molecule has 0 aliphatic rings. The van der Waals surface area contributed by atoms with E-state index >= 15 is 0 Å². The summed E-state index contributed by atoms with van der Waals surface area (Å²) in [6.07, 6.45) is 1.32. The van der Waals surface area contributed by atoms with E-state index in [4.69, 9.17) is 9.47 Å². The Bertz CT molecular complexity index is 132. The Hall–Kier alpha value is -0.120. The van der Waals surface area contributed by atoms with Crippen molar-refractivity contribution in [3.8, 4) is 0 Å². The van der Waals surface area contributed by atoms with Gasteiger partial charge in [0.2, 0.25) is 0 Å². The van der Waals surface area contributed by atoms with Gasteiger partial charge in [-0.25, -0.2) is 0 Å². The lowest BCUT2D eigenvalue weighted by molar-refractivity contribution is -0.0498. The average Bonchev–Trinajstić information content (AvgIpc) is 2.00. The summed E-state index contributed by atoms with van der Waals surface area (Å²) in [5.41, 5.74) is -0.0480. The molecule has 0 spiro atoms. The lowest BCUT2D eigenvalue weighted by Crippen LogP contribution is -2.34. The molecular weight excluding hydrogens is 178 g/mol. The fourth-order valence-electron chi connectivity index (χ4n) is 1.29. The Balaban J connectivity index is 3.31. The molecule has 14 heavy (non-hydrogen) atoms. The Morgan fingerprint density at radius 3 is 2.43 bits per heavy atom. The first-order valence-corrected chi connectivity index (χ1v) is 5.33. The van der Waals surface area contributed by atoms with Gasteiger partial charge < -0.3 is 14.8 Å². The summed E-state index contributed by atoms with van der Waals surface area (Å²) in [7, 11) is 1.73. The Kier molecular flexibility index (Phi) is 7.15. The van der Waals surface area contributed by atoms with Gasteiger partial charge in [0.1, 0.15) is 0 Å². The van der Waals surface area contributed by atoms with E-state index in [1.807, 2.05) is 0 Å². The minimum atomic E-state index is -0.0480. The van der Waals surface area contributed by atoms with Gasteiger partial charge in [-0.1, -0.05) is 0 Å². The van der Waals surface area contributed by atoms with Crippen LogP contribution in [0.1, 0.15) is 34.1 Å². The Labute approximate surface area is 88.2 Å². The molecule has 86 valence electrons. The molecule has 0 aromatic carbocycles. The van der Waals surface area contributed by atoms with Gasteiger partial charge in [0.15, 0.2) is 0 Å². The predicted molar refractivity (Wildman–Crippen MR) is 59.7 cm³/mol. The lowest BCUT2D eigenvalue weighted by Gasteiger charge is -2.25. The van der Waals surface area contributed by atoms with E-state index in [-0.39, 0.29) is 11.7 Å². The SMILES string of the molecule is COCCCNCC(C)OC(C)(C)C. The zero-order valence-electron chi connectivity index (χ0n) is 10.2. The number of hydrogen-bond donors (Lipinski definition) is 1. The highest BCUT2D eigenvalue weighted by Gasteiger charge is 2.14. The molecule has 3 nitrogen and oxygen atoms in total. The third kappa shape index (κ3) is 9.96. The highest BCUT2D eigenvalue weighted by molar-refractivity contribution is 4.64. The van der Waals surface area contributed by atoms with Crippen molar-refractivity contribution in [3.05, 3.63) is 0 Å². The van der Waals surface area contributed by atoms with E-state index in [2.05, 4.69) is 33.0 Å². The molecule has 0 aliphatic carbocycles. The Morgan fingerprint density at radius 2 is 1.93 bits per heavy atom. The van der Waals surface area contributed by atoms with Crippen molar-refractivity contribution in [1.29, 1.82) is 0 Å². The van der Waals surface area contributed by atoms with Gasteiger partial charge in [0.25, 0.3) is 0 Å². The quantitative estimate of drug-likeness (QED) is 0.640. The fourth-order valence-corrected chi connectivity index (χ4v) is 1.29. The maximum Gasteiger partial charge on any atom is 0.0678 e. The second-order valence-corrected chi connectivity index (χ2v) is 4.59. The summed E-state index contributed by atoms with van der Waals surface area (Å²) in [4.78, 5) is 0. The van der Waals surface area contributed by atoms with Crippen molar-refractivity contribution in [1.82, 2.24) is 5.32 Å². The second kappa shape index (κ2) is 7.21. The van der Waals surface area contributed by atoms with Crippen LogP contribution >= 0.6 is 0 Å². The molecular formula is C11H25NO2. The highest BCUT2D eigenvalue weighted by Crippen LogP contribution is 2.09. The summed E-state index contributed by atoms with van der Waals surface area (Å²) < 4.78 is 10.7. The normalized spacial score (nSPS) is 14.4. The summed E-state index contributed by atoms with van der Waals surface area (Å²) in [6.45, 7) is 11.0. The van der Waals surface area contributed by atoms with Crippen LogP contribution in [0.3, 0.4) is 0 Å². The topological polar surface area (TPSA) is 30.5 Å². The zero-order chi connectivity index (χ0) is 11.0. The van der Waals surface area contributed by atoms with Gasteiger partial charge in [0.05, 0.1) is 11.7 Å². The molecule has 0 radical (unpaired) electrons. The summed E-state index contributed by atoms with van der Waals surface area (Å²) >= 11 is 0. The molecule has 0 aromatic rings. The van der Waals surface area contributed by atoms with Crippen LogP contribution in [0, 0.1) is 0 Å². The second-order valence-electron chi connectivity index (χ2n) is 4.59. The number of hydrogen-bond acceptors (Lipinski definition) is 3. The molecule has 0 amide bonds. The monoisotopic (exact) mass is 203 g/mol. The summed E-state index contributed by atoms with van der Waals surface area (Å²) in [5, 5.41) is 3.34. The minimum Gasteiger partial charge on any atom is -0.385 e. The van der Waals surface area contributed by atoms with Crippen LogP contribution in [0.2, 0.25) is 0 Å². The number of methoxy groups -OCH3 is 1. The average molecular weight is 203 g/mol. The van der Waals surface area contributed by atoms with Gasteiger partial charge in [-0.3, -0.25) is 0 Å². The van der Waals surface area contributed by atoms with E-state index < -0.39 is 0 Å². The van der Waals surface area contributed by atoms with E-state index in [1.54, 1.807) is 7.11 Å². The minimum absolute atomic E-state index is 0.0480. The highest BCUT2D eigenvalue weighted by atomic mass is 16.5. The largest absolute Gasteiger partial charge is 0.385 e. The smallest absolute Gasteiger partial charge is 0.0678 e. The van der Waals surface area contributed by atoms with Crippen molar-refractivity contribution in [3.63, 3.8) is 0 Å². The van der Waals surface area contributed by atoms with Crippen molar-refractivity contribution in [2.75, 3.05) is 26.8 Å². The van der Waals surface area contributed by atoms with Crippen molar-refractivity contribution >= 4 is 0 Å². The molecule has 0 bridgehead atoms. The van der Waals surface area contributed by atoms with Gasteiger partial charge in [0, 0.05) is 20.3 Å². The molecule has 1 atom stereocenters. The molecule has 0 heterocycles. The Morgan fingerprint density at radius 1 is 1.29 bits per heavy atom. The molecule has 0 aromatic heterocycles. The first-order chi connectivity index (χ1) is 6.45. The third-order valence-corrected chi connectivity index (χ3v) is 1.69. The van der Waals surface area contributed by atoms with Gasteiger partial charge in [-0.2, -0.15) is 0 Å². The molecule has 0 rings (SSSR count). The number of rotatable bonds is 7. The number of nitrogens with one attached hydrogen (secondary N) is 1. The third-order valence-electron chi connectivity index (χ3n) is 1.69. The zero-order valence-corrected chi connectivity index (χ0v) is 10.2. The van der Waals surface area contributed by atoms with Crippen LogP contribution in [-0.2, 0) is 9.47 Å². The van der Waals surface area contributed by atoms with Crippen molar-refractivity contribution < 1.29 is 9.47 Å². The summed E-state index contributed by atoms with van der Waals surface area (Å²) in [6, 6.07) is 0. The molecule has 1 N–H and O–H groups in total. The van der Waals surface area contributed by atoms with E-state index in [0.29, 0.717) is 0 Å². The number of ether oxygens (including phenoxy) is 2. The lowest BCUT2D eigenvalue weighted by atomic mass is 10.2. The van der Waals surface area contributed by atoms with Gasteiger partial charge in [-0.05, 0) is 40.7 Å². The van der Waals surface area contributed by atoms with E-state index in [9.17, 15) is 0 Å². The molecule has 0 saturated carbocycles. The first-order valence-electron chi connectivity index (χ1n) is 5.33. The standard InChI is InChI=1S/C11H25NO2/c1-10(14-11(2,3)4)9-12-7-6-8-13-5/h10,12H,6-9H2,1-5H3. The molecule has 0 aliphatic heterocycles. The fraction of sp³-hybridized carbons (Fsp3) is 1.00. The van der Waals surface area contributed by atoms with Crippen LogP contribution in [0.25, 0.3) is 0 Å².